The maximum atomic E-state index is 13.2. The van der Waals surface area contributed by atoms with Crippen LogP contribution in [-0.4, -0.2) is 23.3 Å². The lowest BCUT2D eigenvalue weighted by molar-refractivity contribution is 0.185. The van der Waals surface area contributed by atoms with Crippen molar-refractivity contribution in [3.8, 4) is 11.1 Å². The van der Waals surface area contributed by atoms with Crippen LogP contribution in [0, 0.1) is 19.7 Å². The van der Waals surface area contributed by atoms with Gasteiger partial charge in [0.25, 0.3) is 5.56 Å². The van der Waals surface area contributed by atoms with Gasteiger partial charge >= 0.3 is 0 Å². The Bertz CT molecular complexity index is 913. The summed E-state index contributed by atoms with van der Waals surface area (Å²) in [6.45, 7) is 4.69. The predicted octanol–water partition coefficient (Wildman–Crippen LogP) is 3.53. The van der Waals surface area contributed by atoms with E-state index in [2.05, 4.69) is 4.98 Å². The monoisotopic (exact) mass is 332 g/mol. The van der Waals surface area contributed by atoms with Gasteiger partial charge in [0.2, 0.25) is 0 Å². The number of aromatic nitrogens is 2. The Hall–Kier alpha value is -2.05. The second-order valence-corrected chi connectivity index (χ2v) is 6.53. The topological polar surface area (TPSA) is 44.1 Å². The summed E-state index contributed by atoms with van der Waals surface area (Å²) in [6, 6.07) is 6.21. The predicted molar refractivity (Wildman–Crippen MR) is 90.6 cm³/mol. The SMILES string of the molecule is COCCn1c(C)nc2sc(C)c(-c3ccc(F)cc3)c2c1=O. The number of hydrogen-bond acceptors (Lipinski definition) is 4. The first kappa shape index (κ1) is 15.8. The molecule has 6 heteroatoms. The molecule has 3 aromatic rings. The fourth-order valence-corrected chi connectivity index (χ4v) is 3.79. The molecule has 0 aliphatic rings. The number of benzene rings is 1. The first-order chi connectivity index (χ1) is 11.0. The van der Waals surface area contributed by atoms with Gasteiger partial charge in [0, 0.05) is 17.6 Å². The Labute approximate surface area is 137 Å². The fourth-order valence-electron chi connectivity index (χ4n) is 2.71. The third-order valence-electron chi connectivity index (χ3n) is 3.83. The maximum absolute atomic E-state index is 13.2. The molecule has 0 saturated carbocycles. The van der Waals surface area contributed by atoms with Crippen LogP contribution in [0.2, 0.25) is 0 Å². The lowest BCUT2D eigenvalue weighted by Gasteiger charge is -2.09. The molecule has 2 aromatic heterocycles. The summed E-state index contributed by atoms with van der Waals surface area (Å²) < 4.78 is 19.9. The molecule has 0 aliphatic carbocycles. The van der Waals surface area contributed by atoms with Gasteiger partial charge in [0.15, 0.2) is 0 Å². The molecule has 0 atom stereocenters. The molecule has 0 aliphatic heterocycles. The van der Waals surface area contributed by atoms with E-state index in [-0.39, 0.29) is 11.4 Å². The summed E-state index contributed by atoms with van der Waals surface area (Å²) in [5, 5.41) is 0.598. The van der Waals surface area contributed by atoms with Crippen molar-refractivity contribution in [2.75, 3.05) is 13.7 Å². The molecule has 3 rings (SSSR count). The van der Waals surface area contributed by atoms with E-state index in [9.17, 15) is 9.18 Å². The molecule has 120 valence electrons. The number of thiophene rings is 1. The second kappa shape index (κ2) is 6.22. The van der Waals surface area contributed by atoms with Gasteiger partial charge in [-0.15, -0.1) is 11.3 Å². The molecular formula is C17H17FN2O2S. The largest absolute Gasteiger partial charge is 0.383 e. The average molecular weight is 332 g/mol. The van der Waals surface area contributed by atoms with E-state index in [1.54, 1.807) is 23.8 Å². The zero-order valence-corrected chi connectivity index (χ0v) is 14.0. The average Bonchev–Trinajstić information content (AvgIpc) is 2.84. The molecule has 1 aromatic carbocycles. The second-order valence-electron chi connectivity index (χ2n) is 5.33. The molecule has 0 radical (unpaired) electrons. The van der Waals surface area contributed by atoms with Crippen molar-refractivity contribution >= 4 is 21.6 Å². The smallest absolute Gasteiger partial charge is 0.262 e. The Morgan fingerprint density at radius 3 is 2.61 bits per heavy atom. The van der Waals surface area contributed by atoms with Crippen LogP contribution in [0.3, 0.4) is 0 Å². The molecule has 0 fully saturated rings. The van der Waals surface area contributed by atoms with E-state index in [1.807, 2.05) is 13.8 Å². The van der Waals surface area contributed by atoms with E-state index in [0.29, 0.717) is 24.4 Å². The van der Waals surface area contributed by atoms with Gasteiger partial charge in [-0.2, -0.15) is 0 Å². The van der Waals surface area contributed by atoms with Crippen LogP contribution in [0.4, 0.5) is 4.39 Å². The number of nitrogens with zero attached hydrogens (tertiary/aromatic N) is 2. The molecule has 4 nitrogen and oxygen atoms in total. The summed E-state index contributed by atoms with van der Waals surface area (Å²) >= 11 is 1.49. The Morgan fingerprint density at radius 2 is 1.96 bits per heavy atom. The van der Waals surface area contributed by atoms with Gasteiger partial charge in [-0.25, -0.2) is 9.37 Å². The Morgan fingerprint density at radius 1 is 1.26 bits per heavy atom. The minimum absolute atomic E-state index is 0.0757. The van der Waals surface area contributed by atoms with E-state index in [1.165, 1.54) is 23.5 Å². The van der Waals surface area contributed by atoms with Gasteiger partial charge in [-0.3, -0.25) is 9.36 Å². The number of rotatable bonds is 4. The summed E-state index contributed by atoms with van der Waals surface area (Å²) in [5.74, 6) is 0.379. The van der Waals surface area contributed by atoms with Crippen molar-refractivity contribution in [2.24, 2.45) is 0 Å². The molecule has 0 N–H and O–H groups in total. The number of halogens is 1. The van der Waals surface area contributed by atoms with Crippen LogP contribution >= 0.6 is 11.3 Å². The third-order valence-corrected chi connectivity index (χ3v) is 4.83. The molecular weight excluding hydrogens is 315 g/mol. The quantitative estimate of drug-likeness (QED) is 0.734. The van der Waals surface area contributed by atoms with Gasteiger partial charge in [0.1, 0.15) is 16.5 Å². The number of aryl methyl sites for hydroxylation is 2. The van der Waals surface area contributed by atoms with E-state index >= 15 is 0 Å². The van der Waals surface area contributed by atoms with Crippen molar-refractivity contribution in [3.63, 3.8) is 0 Å². The lowest BCUT2D eigenvalue weighted by Crippen LogP contribution is -2.25. The van der Waals surface area contributed by atoms with Crippen molar-refractivity contribution < 1.29 is 9.13 Å². The molecule has 0 spiro atoms. The molecule has 0 bridgehead atoms. The van der Waals surface area contributed by atoms with Gasteiger partial charge < -0.3 is 4.74 Å². The maximum Gasteiger partial charge on any atom is 0.262 e. The van der Waals surface area contributed by atoms with E-state index < -0.39 is 0 Å². The van der Waals surface area contributed by atoms with Crippen molar-refractivity contribution in [2.45, 2.75) is 20.4 Å². The number of methoxy groups -OCH3 is 1. The highest BCUT2D eigenvalue weighted by molar-refractivity contribution is 7.19. The standard InChI is InChI=1S/C17H17FN2O2S/c1-10-14(12-4-6-13(18)7-5-12)15-16(23-10)19-11(2)20(17(15)21)8-9-22-3/h4-7H,8-9H2,1-3H3. The molecule has 23 heavy (non-hydrogen) atoms. The Kier molecular flexibility index (Phi) is 4.28. The first-order valence-corrected chi connectivity index (χ1v) is 8.10. The van der Waals surface area contributed by atoms with Crippen LogP contribution in [-0.2, 0) is 11.3 Å². The minimum atomic E-state index is -0.294. The van der Waals surface area contributed by atoms with Gasteiger partial charge in [-0.05, 0) is 31.5 Å². The lowest BCUT2D eigenvalue weighted by atomic mass is 10.0. The normalized spacial score (nSPS) is 11.3. The highest BCUT2D eigenvalue weighted by Crippen LogP contribution is 2.35. The van der Waals surface area contributed by atoms with E-state index in [4.69, 9.17) is 4.74 Å². The molecule has 0 saturated heterocycles. The van der Waals surface area contributed by atoms with Crippen LogP contribution in [0.15, 0.2) is 29.1 Å². The summed E-state index contributed by atoms with van der Waals surface area (Å²) in [4.78, 5) is 19.2. The van der Waals surface area contributed by atoms with Crippen LogP contribution < -0.4 is 5.56 Å². The zero-order chi connectivity index (χ0) is 16.6. The molecule has 2 heterocycles. The number of ether oxygens (including phenoxy) is 1. The summed E-state index contributed by atoms with van der Waals surface area (Å²) in [6.07, 6.45) is 0. The van der Waals surface area contributed by atoms with E-state index in [0.717, 1.165) is 20.8 Å². The molecule has 0 amide bonds. The zero-order valence-electron chi connectivity index (χ0n) is 13.2. The summed E-state index contributed by atoms with van der Waals surface area (Å²) in [7, 11) is 1.60. The number of hydrogen-bond donors (Lipinski definition) is 0. The Balaban J connectivity index is 2.28. The van der Waals surface area contributed by atoms with Gasteiger partial charge in [-0.1, -0.05) is 12.1 Å². The number of fused-ring (bicyclic) bond motifs is 1. The third kappa shape index (κ3) is 2.80. The minimum Gasteiger partial charge on any atom is -0.383 e. The van der Waals surface area contributed by atoms with Crippen molar-refractivity contribution in [1.29, 1.82) is 0 Å². The first-order valence-electron chi connectivity index (χ1n) is 7.28. The summed E-state index contributed by atoms with van der Waals surface area (Å²) in [5.41, 5.74) is 1.60. The fraction of sp³-hybridized carbons (Fsp3) is 0.294. The van der Waals surface area contributed by atoms with Crippen molar-refractivity contribution in [3.05, 3.63) is 51.1 Å². The van der Waals surface area contributed by atoms with Crippen LogP contribution in [0.25, 0.3) is 21.3 Å². The molecule has 0 unspecified atom stereocenters. The highest BCUT2D eigenvalue weighted by atomic mass is 32.1. The highest BCUT2D eigenvalue weighted by Gasteiger charge is 2.18. The van der Waals surface area contributed by atoms with Crippen LogP contribution in [0.1, 0.15) is 10.7 Å². The van der Waals surface area contributed by atoms with Gasteiger partial charge in [0.05, 0.1) is 18.5 Å². The van der Waals surface area contributed by atoms with Crippen LogP contribution in [0.5, 0.6) is 0 Å². The van der Waals surface area contributed by atoms with Crippen molar-refractivity contribution in [1.82, 2.24) is 9.55 Å².